The van der Waals surface area contributed by atoms with Gasteiger partial charge in [0.05, 0.1) is 34.1 Å². The Morgan fingerprint density at radius 3 is 2.63 bits per heavy atom. The van der Waals surface area contributed by atoms with Crippen LogP contribution in [0.3, 0.4) is 0 Å². The summed E-state index contributed by atoms with van der Waals surface area (Å²) < 4.78 is 17.3. The molecule has 238 valence electrons. The number of anilines is 3. The molecule has 1 amide bonds. The number of nitriles is 1. The van der Waals surface area contributed by atoms with E-state index in [4.69, 9.17) is 25.8 Å². The second kappa shape index (κ2) is 15.5. The summed E-state index contributed by atoms with van der Waals surface area (Å²) >= 11 is 6.64. The molecule has 0 spiro atoms. The van der Waals surface area contributed by atoms with Crippen molar-refractivity contribution in [3.63, 3.8) is 0 Å². The van der Waals surface area contributed by atoms with Gasteiger partial charge in [-0.3, -0.25) is 14.8 Å². The number of nitrogens with one attached hydrogen (secondary N) is 2. The zero-order chi connectivity index (χ0) is 32.5. The normalized spacial score (nSPS) is 13.6. The first-order valence-corrected chi connectivity index (χ1v) is 15.6. The van der Waals surface area contributed by atoms with Crippen molar-refractivity contribution < 1.29 is 19.0 Å². The number of aromatic nitrogens is 2. The maximum absolute atomic E-state index is 12.7. The third kappa shape index (κ3) is 8.31. The molecule has 1 fully saturated rings. The van der Waals surface area contributed by atoms with E-state index < -0.39 is 0 Å². The number of carbonyl (C=O) groups excluding carboxylic acids is 1. The molecule has 11 heteroatoms. The maximum Gasteiger partial charge on any atom is 0.248 e. The fourth-order valence-corrected chi connectivity index (χ4v) is 5.35. The van der Waals surface area contributed by atoms with Crippen LogP contribution in [0.4, 0.5) is 17.1 Å². The van der Waals surface area contributed by atoms with Crippen LogP contribution < -0.4 is 20.1 Å². The number of hydrogen-bond acceptors (Lipinski definition) is 9. The van der Waals surface area contributed by atoms with E-state index in [9.17, 15) is 10.1 Å². The van der Waals surface area contributed by atoms with E-state index in [0.29, 0.717) is 75.7 Å². The topological polar surface area (TPSA) is 122 Å². The van der Waals surface area contributed by atoms with Gasteiger partial charge in [-0.2, -0.15) is 5.26 Å². The van der Waals surface area contributed by atoms with Crippen molar-refractivity contribution in [2.24, 2.45) is 0 Å². The first kappa shape index (κ1) is 32.7. The molecule has 2 N–H and O–H groups in total. The van der Waals surface area contributed by atoms with Gasteiger partial charge in [-0.1, -0.05) is 23.7 Å². The third-order valence-corrected chi connectivity index (χ3v) is 7.77. The maximum atomic E-state index is 12.7. The number of likely N-dealkylation sites (N-methyl/N-ethyl adjacent to an activating group) is 1. The van der Waals surface area contributed by atoms with Crippen molar-refractivity contribution in [3.05, 3.63) is 88.9 Å². The lowest BCUT2D eigenvalue weighted by Crippen LogP contribution is -2.15. The number of halogens is 1. The molecule has 1 aliphatic heterocycles. The highest BCUT2D eigenvalue weighted by atomic mass is 35.5. The van der Waals surface area contributed by atoms with Crippen LogP contribution in [0.15, 0.2) is 67.0 Å². The van der Waals surface area contributed by atoms with Gasteiger partial charge in [-0.15, -0.1) is 0 Å². The van der Waals surface area contributed by atoms with Crippen molar-refractivity contribution in [2.75, 3.05) is 51.1 Å². The Balaban J connectivity index is 1.34. The van der Waals surface area contributed by atoms with E-state index in [-0.39, 0.29) is 5.91 Å². The Hall–Kier alpha value is -4.69. The summed E-state index contributed by atoms with van der Waals surface area (Å²) in [4.78, 5) is 23.8. The predicted molar refractivity (Wildman–Crippen MR) is 180 cm³/mol. The number of pyridine rings is 2. The number of hydrogen-bond donors (Lipinski definition) is 2. The van der Waals surface area contributed by atoms with Crippen LogP contribution in [0.5, 0.6) is 11.5 Å². The van der Waals surface area contributed by atoms with Crippen LogP contribution in [-0.4, -0.2) is 61.2 Å². The molecule has 3 heterocycles. The molecule has 1 saturated heterocycles. The Kier molecular flexibility index (Phi) is 11.0. The SMILES string of the molecule is CCOc1cc2ncc(C#N)c(Nc3ccc(OCc4ccc(C5CCOCC5)nc4)c(Cl)c3)c2cc1NC(=O)/C=C/CN(C)C. The molecule has 0 bridgehead atoms. The molecule has 0 saturated carbocycles. The smallest absolute Gasteiger partial charge is 0.248 e. The molecule has 0 aliphatic carbocycles. The second-order valence-electron chi connectivity index (χ2n) is 11.1. The summed E-state index contributed by atoms with van der Waals surface area (Å²) in [7, 11) is 3.85. The minimum absolute atomic E-state index is 0.297. The van der Waals surface area contributed by atoms with Crippen LogP contribution in [0.2, 0.25) is 5.02 Å². The zero-order valence-corrected chi connectivity index (χ0v) is 26.9. The monoisotopic (exact) mass is 640 g/mol. The molecule has 0 atom stereocenters. The highest BCUT2D eigenvalue weighted by Crippen LogP contribution is 2.37. The Morgan fingerprint density at radius 1 is 1.11 bits per heavy atom. The molecule has 2 aromatic heterocycles. The summed E-state index contributed by atoms with van der Waals surface area (Å²) in [6.45, 7) is 4.77. The summed E-state index contributed by atoms with van der Waals surface area (Å²) in [5.41, 5.74) is 4.58. The highest BCUT2D eigenvalue weighted by Gasteiger charge is 2.18. The van der Waals surface area contributed by atoms with Crippen LogP contribution in [-0.2, 0) is 16.1 Å². The van der Waals surface area contributed by atoms with E-state index in [1.54, 1.807) is 30.3 Å². The molecule has 0 unspecified atom stereocenters. The fourth-order valence-electron chi connectivity index (χ4n) is 5.11. The molecule has 1 aliphatic rings. The number of amides is 1. The Morgan fingerprint density at radius 2 is 1.93 bits per heavy atom. The van der Waals surface area contributed by atoms with Crippen molar-refractivity contribution in [1.29, 1.82) is 5.26 Å². The van der Waals surface area contributed by atoms with Gasteiger partial charge in [0.1, 0.15) is 24.2 Å². The average Bonchev–Trinajstić information content (AvgIpc) is 3.05. The number of ether oxygens (including phenoxy) is 3. The largest absolute Gasteiger partial charge is 0.492 e. The number of carbonyl (C=O) groups is 1. The zero-order valence-electron chi connectivity index (χ0n) is 26.2. The molecule has 46 heavy (non-hydrogen) atoms. The van der Waals surface area contributed by atoms with Crippen molar-refractivity contribution in [3.8, 4) is 17.6 Å². The Bertz CT molecular complexity index is 1750. The lowest BCUT2D eigenvalue weighted by Gasteiger charge is -2.21. The highest BCUT2D eigenvalue weighted by molar-refractivity contribution is 6.32. The van der Waals surface area contributed by atoms with Crippen molar-refractivity contribution in [2.45, 2.75) is 32.3 Å². The number of benzene rings is 2. The van der Waals surface area contributed by atoms with E-state index in [1.165, 1.54) is 12.3 Å². The summed E-state index contributed by atoms with van der Waals surface area (Å²) in [6.07, 6.45) is 8.59. The molecule has 0 radical (unpaired) electrons. The van der Waals surface area contributed by atoms with Gasteiger partial charge in [0.25, 0.3) is 0 Å². The summed E-state index contributed by atoms with van der Waals surface area (Å²) in [6, 6.07) is 15.2. The van der Waals surface area contributed by atoms with Gasteiger partial charge in [-0.25, -0.2) is 0 Å². The van der Waals surface area contributed by atoms with Crippen LogP contribution >= 0.6 is 11.6 Å². The van der Waals surface area contributed by atoms with Crippen LogP contribution in [0.1, 0.15) is 42.5 Å². The number of rotatable bonds is 12. The Labute approximate surface area is 274 Å². The van der Waals surface area contributed by atoms with E-state index in [2.05, 4.69) is 32.7 Å². The molecule has 10 nitrogen and oxygen atoms in total. The van der Waals surface area contributed by atoms with E-state index >= 15 is 0 Å². The number of nitrogens with zero attached hydrogens (tertiary/aromatic N) is 4. The average molecular weight is 641 g/mol. The third-order valence-electron chi connectivity index (χ3n) is 7.47. The first-order valence-electron chi connectivity index (χ1n) is 15.2. The molecular formula is C35H37ClN6O4. The summed E-state index contributed by atoms with van der Waals surface area (Å²) in [5.74, 6) is 1.14. The minimum atomic E-state index is -0.297. The van der Waals surface area contributed by atoms with Gasteiger partial charge in [-0.05, 0) is 64.2 Å². The van der Waals surface area contributed by atoms with E-state index in [1.807, 2.05) is 44.2 Å². The van der Waals surface area contributed by atoms with Gasteiger partial charge in [0.15, 0.2) is 0 Å². The molecule has 5 rings (SSSR count). The van der Waals surface area contributed by atoms with Gasteiger partial charge in [0, 0.05) is 72.5 Å². The molecule has 2 aromatic carbocycles. The van der Waals surface area contributed by atoms with E-state index in [0.717, 1.165) is 37.3 Å². The standard InChI is InChI=1S/C35H37ClN6O4/c1-4-45-33-18-30-27(17-31(33)41-34(43)6-5-13-42(2)3)35(25(19-37)21-39-30)40-26-8-10-32(28(36)16-26)46-22-23-7-9-29(38-20-23)24-11-14-44-15-12-24/h5-10,16-18,20-21,24H,4,11-15,22H2,1-3H3,(H,39,40)(H,41,43)/b6-5+. The molecular weight excluding hydrogens is 604 g/mol. The summed E-state index contributed by atoms with van der Waals surface area (Å²) in [5, 5.41) is 17.2. The minimum Gasteiger partial charge on any atom is -0.492 e. The van der Waals surface area contributed by atoms with Gasteiger partial charge >= 0.3 is 0 Å². The van der Waals surface area contributed by atoms with Gasteiger partial charge in [0.2, 0.25) is 5.91 Å². The molecule has 4 aromatic rings. The van der Waals surface area contributed by atoms with Crippen molar-refractivity contribution in [1.82, 2.24) is 14.9 Å². The lowest BCUT2D eigenvalue weighted by atomic mass is 9.96. The van der Waals surface area contributed by atoms with Crippen molar-refractivity contribution >= 4 is 45.5 Å². The van der Waals surface area contributed by atoms with Gasteiger partial charge < -0.3 is 29.7 Å². The number of fused-ring (bicyclic) bond motifs is 1. The first-order chi connectivity index (χ1) is 22.3. The van der Waals surface area contributed by atoms with Crippen LogP contribution in [0.25, 0.3) is 10.9 Å². The van der Waals surface area contributed by atoms with Crippen LogP contribution in [0, 0.1) is 11.3 Å². The lowest BCUT2D eigenvalue weighted by molar-refractivity contribution is -0.111. The second-order valence-corrected chi connectivity index (χ2v) is 11.6. The fraction of sp³-hybridized carbons (Fsp3) is 0.314. The quantitative estimate of drug-likeness (QED) is 0.161. The predicted octanol–water partition coefficient (Wildman–Crippen LogP) is 6.83.